The molecule has 1 aliphatic rings. The van der Waals surface area contributed by atoms with E-state index in [1.54, 1.807) is 19.0 Å². The lowest BCUT2D eigenvalue weighted by atomic mass is 10.0. The van der Waals surface area contributed by atoms with Gasteiger partial charge in [0, 0.05) is 39.3 Å². The second kappa shape index (κ2) is 6.60. The molecule has 1 N–H and O–H groups in total. The van der Waals surface area contributed by atoms with E-state index < -0.39 is 11.6 Å². The molecule has 21 heavy (non-hydrogen) atoms. The molecule has 1 aromatic rings. The lowest BCUT2D eigenvalue weighted by Gasteiger charge is -2.34. The maximum atomic E-state index is 13.8. The SMILES string of the molecule is CN(C)C(=O)N1CCC(Nc2cc(F)c(Br)cc2F)CC1. The van der Waals surface area contributed by atoms with Crippen LogP contribution in [0.2, 0.25) is 0 Å². The van der Waals surface area contributed by atoms with Gasteiger partial charge in [-0.05, 0) is 34.8 Å². The van der Waals surface area contributed by atoms with Gasteiger partial charge in [-0.2, -0.15) is 0 Å². The number of nitrogens with zero attached hydrogens (tertiary/aromatic N) is 2. The molecule has 1 saturated heterocycles. The molecular weight excluding hydrogens is 344 g/mol. The smallest absolute Gasteiger partial charge is 0.319 e. The Hall–Kier alpha value is -1.37. The summed E-state index contributed by atoms with van der Waals surface area (Å²) in [5.41, 5.74) is 0.160. The van der Waals surface area contributed by atoms with Crippen molar-refractivity contribution < 1.29 is 13.6 Å². The lowest BCUT2D eigenvalue weighted by Crippen LogP contribution is -2.46. The van der Waals surface area contributed by atoms with Crippen LogP contribution in [0.15, 0.2) is 16.6 Å². The van der Waals surface area contributed by atoms with Crippen molar-refractivity contribution in [1.29, 1.82) is 0 Å². The van der Waals surface area contributed by atoms with Gasteiger partial charge in [0.25, 0.3) is 0 Å². The fourth-order valence-corrected chi connectivity index (χ4v) is 2.67. The van der Waals surface area contributed by atoms with Gasteiger partial charge < -0.3 is 15.1 Å². The molecule has 1 aromatic carbocycles. The van der Waals surface area contributed by atoms with Gasteiger partial charge in [-0.25, -0.2) is 13.6 Å². The average Bonchev–Trinajstić information content (AvgIpc) is 2.44. The summed E-state index contributed by atoms with van der Waals surface area (Å²) in [5.74, 6) is -0.991. The number of hydrogen-bond acceptors (Lipinski definition) is 2. The highest BCUT2D eigenvalue weighted by Gasteiger charge is 2.24. The van der Waals surface area contributed by atoms with Crippen LogP contribution in [-0.2, 0) is 0 Å². The molecule has 0 spiro atoms. The van der Waals surface area contributed by atoms with Crippen LogP contribution in [0.4, 0.5) is 19.3 Å². The Morgan fingerprint density at radius 2 is 1.90 bits per heavy atom. The number of halogens is 3. The highest BCUT2D eigenvalue weighted by Crippen LogP contribution is 2.25. The lowest BCUT2D eigenvalue weighted by molar-refractivity contribution is 0.158. The number of nitrogens with one attached hydrogen (secondary N) is 1. The highest BCUT2D eigenvalue weighted by atomic mass is 79.9. The Kier molecular flexibility index (Phi) is 5.03. The molecule has 116 valence electrons. The van der Waals surface area contributed by atoms with Crippen molar-refractivity contribution in [3.05, 3.63) is 28.2 Å². The summed E-state index contributed by atoms with van der Waals surface area (Å²) in [6.45, 7) is 1.21. The van der Waals surface area contributed by atoms with Crippen LogP contribution in [0, 0.1) is 11.6 Å². The van der Waals surface area contributed by atoms with Gasteiger partial charge in [0.05, 0.1) is 10.2 Å². The van der Waals surface area contributed by atoms with Crippen LogP contribution >= 0.6 is 15.9 Å². The summed E-state index contributed by atoms with van der Waals surface area (Å²) in [6.07, 6.45) is 1.41. The second-order valence-corrected chi connectivity index (χ2v) is 6.18. The zero-order valence-electron chi connectivity index (χ0n) is 12.0. The van der Waals surface area contributed by atoms with Crippen molar-refractivity contribution in [2.24, 2.45) is 0 Å². The fourth-order valence-electron chi connectivity index (χ4n) is 2.35. The molecule has 1 heterocycles. The molecular formula is C14H18BrF2N3O. The first-order valence-corrected chi connectivity index (χ1v) is 7.55. The highest BCUT2D eigenvalue weighted by molar-refractivity contribution is 9.10. The molecule has 2 amide bonds. The maximum absolute atomic E-state index is 13.8. The number of amides is 2. The van der Waals surface area contributed by atoms with Crippen molar-refractivity contribution in [1.82, 2.24) is 9.80 Å². The van der Waals surface area contributed by atoms with E-state index in [-0.39, 0.29) is 22.2 Å². The Labute approximate surface area is 131 Å². The van der Waals surface area contributed by atoms with Gasteiger partial charge in [0.1, 0.15) is 11.6 Å². The Morgan fingerprint density at radius 1 is 1.29 bits per heavy atom. The zero-order chi connectivity index (χ0) is 15.6. The summed E-state index contributed by atoms with van der Waals surface area (Å²) < 4.78 is 27.3. The molecule has 0 aliphatic carbocycles. The first kappa shape index (κ1) is 16.0. The monoisotopic (exact) mass is 361 g/mol. The first-order valence-electron chi connectivity index (χ1n) is 6.76. The van der Waals surface area contributed by atoms with Crippen molar-refractivity contribution in [2.45, 2.75) is 18.9 Å². The van der Waals surface area contributed by atoms with Crippen LogP contribution < -0.4 is 5.32 Å². The number of likely N-dealkylation sites (tertiary alicyclic amines) is 1. The van der Waals surface area contributed by atoms with E-state index >= 15 is 0 Å². The van der Waals surface area contributed by atoms with Crippen LogP contribution in [0.25, 0.3) is 0 Å². The number of carbonyl (C=O) groups excluding carboxylic acids is 1. The largest absolute Gasteiger partial charge is 0.380 e. The third-order valence-electron chi connectivity index (χ3n) is 3.52. The molecule has 7 heteroatoms. The molecule has 0 saturated carbocycles. The normalized spacial score (nSPS) is 16.0. The van der Waals surface area contributed by atoms with E-state index in [1.807, 2.05) is 0 Å². The van der Waals surface area contributed by atoms with Gasteiger partial charge in [0.15, 0.2) is 0 Å². The summed E-state index contributed by atoms with van der Waals surface area (Å²) in [7, 11) is 3.43. The quantitative estimate of drug-likeness (QED) is 0.820. The van der Waals surface area contributed by atoms with Crippen LogP contribution in [0.1, 0.15) is 12.8 Å². The van der Waals surface area contributed by atoms with E-state index in [0.717, 1.165) is 12.1 Å². The van der Waals surface area contributed by atoms with Crippen molar-refractivity contribution in [2.75, 3.05) is 32.5 Å². The third kappa shape index (κ3) is 3.84. The number of rotatable bonds is 2. The average molecular weight is 362 g/mol. The van der Waals surface area contributed by atoms with E-state index in [9.17, 15) is 13.6 Å². The molecule has 0 aromatic heterocycles. The van der Waals surface area contributed by atoms with Gasteiger partial charge in [-0.3, -0.25) is 0 Å². The van der Waals surface area contributed by atoms with Crippen molar-refractivity contribution >= 4 is 27.6 Å². The predicted octanol–water partition coefficient (Wildman–Crippen LogP) is 3.29. The molecule has 4 nitrogen and oxygen atoms in total. The van der Waals surface area contributed by atoms with Gasteiger partial charge in [0.2, 0.25) is 0 Å². The van der Waals surface area contributed by atoms with Crippen LogP contribution in [0.5, 0.6) is 0 Å². The van der Waals surface area contributed by atoms with Crippen molar-refractivity contribution in [3.8, 4) is 0 Å². The van der Waals surface area contributed by atoms with Crippen LogP contribution in [0.3, 0.4) is 0 Å². The molecule has 1 fully saturated rings. The van der Waals surface area contributed by atoms with E-state index in [4.69, 9.17) is 0 Å². The van der Waals surface area contributed by atoms with E-state index in [0.29, 0.717) is 25.9 Å². The minimum atomic E-state index is -0.501. The number of carbonyl (C=O) groups is 1. The number of benzene rings is 1. The molecule has 1 aliphatic heterocycles. The van der Waals surface area contributed by atoms with Gasteiger partial charge in [-0.1, -0.05) is 0 Å². The first-order chi connectivity index (χ1) is 9.88. The fraction of sp³-hybridized carbons (Fsp3) is 0.500. The van der Waals surface area contributed by atoms with E-state index in [1.165, 1.54) is 4.90 Å². The number of anilines is 1. The molecule has 0 bridgehead atoms. The predicted molar refractivity (Wildman–Crippen MR) is 81.4 cm³/mol. The number of hydrogen-bond donors (Lipinski definition) is 1. The molecule has 0 unspecified atom stereocenters. The molecule has 0 atom stereocenters. The molecule has 2 rings (SSSR count). The van der Waals surface area contributed by atoms with Crippen molar-refractivity contribution in [3.63, 3.8) is 0 Å². The Bertz CT molecular complexity index is 531. The maximum Gasteiger partial charge on any atom is 0.319 e. The number of piperidine rings is 1. The summed E-state index contributed by atoms with van der Waals surface area (Å²) in [4.78, 5) is 15.1. The van der Waals surface area contributed by atoms with Gasteiger partial charge >= 0.3 is 6.03 Å². The Morgan fingerprint density at radius 3 is 2.48 bits per heavy atom. The standard InChI is InChI=1S/C14H18BrF2N3O/c1-19(2)14(21)20-5-3-9(4-6-20)18-13-8-11(16)10(15)7-12(13)17/h7-9,18H,3-6H2,1-2H3. The van der Waals surface area contributed by atoms with E-state index in [2.05, 4.69) is 21.2 Å². The van der Waals surface area contributed by atoms with Gasteiger partial charge in [-0.15, -0.1) is 0 Å². The number of urea groups is 1. The minimum Gasteiger partial charge on any atom is -0.380 e. The van der Waals surface area contributed by atoms with Crippen LogP contribution in [-0.4, -0.2) is 49.1 Å². The molecule has 0 radical (unpaired) electrons. The summed E-state index contributed by atoms with van der Waals surface area (Å²) in [5, 5.41) is 3.02. The Balaban J connectivity index is 1.95. The minimum absolute atomic E-state index is 0.0192. The summed E-state index contributed by atoms with van der Waals surface area (Å²) in [6, 6.07) is 2.28. The summed E-state index contributed by atoms with van der Waals surface area (Å²) >= 11 is 2.95. The second-order valence-electron chi connectivity index (χ2n) is 5.33. The zero-order valence-corrected chi connectivity index (χ0v) is 13.6. The topological polar surface area (TPSA) is 35.6 Å². The third-order valence-corrected chi connectivity index (χ3v) is 4.13.